The number of thiazole rings is 1. The molecule has 1 aliphatic rings. The summed E-state index contributed by atoms with van der Waals surface area (Å²) in [5, 5.41) is 6.30. The van der Waals surface area contributed by atoms with Crippen LogP contribution in [0, 0.1) is 5.92 Å². The summed E-state index contributed by atoms with van der Waals surface area (Å²) in [4.78, 5) is 44.9. The molecular formula is C26H28N4O3S. The van der Waals surface area contributed by atoms with Crippen molar-refractivity contribution >= 4 is 39.9 Å². The van der Waals surface area contributed by atoms with Crippen LogP contribution in [0.5, 0.6) is 0 Å². The number of hydrogen-bond acceptors (Lipinski definition) is 5. The van der Waals surface area contributed by atoms with Gasteiger partial charge < -0.3 is 10.2 Å². The van der Waals surface area contributed by atoms with E-state index in [0.29, 0.717) is 22.9 Å². The summed E-state index contributed by atoms with van der Waals surface area (Å²) in [5.41, 5.74) is 2.97. The minimum atomic E-state index is -0.366. The van der Waals surface area contributed by atoms with Gasteiger partial charge in [0.05, 0.1) is 11.6 Å². The maximum Gasteiger partial charge on any atom is 0.257 e. The van der Waals surface area contributed by atoms with Gasteiger partial charge in [-0.05, 0) is 44.5 Å². The normalized spacial score (nSPS) is 15.6. The van der Waals surface area contributed by atoms with Crippen molar-refractivity contribution in [2.75, 3.05) is 17.2 Å². The summed E-state index contributed by atoms with van der Waals surface area (Å²) in [5.74, 6) is -0.805. The second-order valence-electron chi connectivity index (χ2n) is 8.57. The largest absolute Gasteiger partial charge is 0.339 e. The molecule has 1 atom stereocenters. The van der Waals surface area contributed by atoms with Crippen LogP contribution in [-0.4, -0.2) is 40.2 Å². The van der Waals surface area contributed by atoms with E-state index in [-0.39, 0.29) is 36.1 Å². The Kier molecular flexibility index (Phi) is 7.07. The number of carbonyl (C=O) groups is 3. The molecule has 4 rings (SSSR count). The summed E-state index contributed by atoms with van der Waals surface area (Å²) in [7, 11) is 0. The highest BCUT2D eigenvalue weighted by atomic mass is 32.1. The van der Waals surface area contributed by atoms with Gasteiger partial charge in [0.15, 0.2) is 5.13 Å². The third-order valence-electron chi connectivity index (χ3n) is 5.85. The molecule has 1 unspecified atom stereocenters. The number of likely N-dealkylation sites (tertiary alicyclic amines) is 1. The molecule has 2 N–H and O–H groups in total. The Balaban J connectivity index is 1.39. The summed E-state index contributed by atoms with van der Waals surface area (Å²) < 4.78 is 0. The molecule has 3 aromatic rings. The molecule has 2 aromatic carbocycles. The van der Waals surface area contributed by atoms with Crippen LogP contribution < -0.4 is 10.6 Å². The Hall–Kier alpha value is -3.52. The Morgan fingerprint density at radius 2 is 1.79 bits per heavy atom. The van der Waals surface area contributed by atoms with Crippen LogP contribution in [0.3, 0.4) is 0 Å². The maximum absolute atomic E-state index is 12.8. The Labute approximate surface area is 203 Å². The van der Waals surface area contributed by atoms with E-state index in [0.717, 1.165) is 22.6 Å². The molecule has 0 radical (unpaired) electrons. The van der Waals surface area contributed by atoms with Crippen molar-refractivity contribution in [1.82, 2.24) is 9.88 Å². The van der Waals surface area contributed by atoms with Crippen molar-refractivity contribution in [3.05, 3.63) is 65.0 Å². The molecule has 7 nitrogen and oxygen atoms in total. The minimum Gasteiger partial charge on any atom is -0.339 e. The summed E-state index contributed by atoms with van der Waals surface area (Å²) in [6, 6.07) is 16.7. The first-order valence-corrected chi connectivity index (χ1v) is 12.2. The number of aromatic nitrogens is 1. The first-order chi connectivity index (χ1) is 16.4. The number of benzene rings is 2. The lowest BCUT2D eigenvalue weighted by Crippen LogP contribution is -2.33. The third-order valence-corrected chi connectivity index (χ3v) is 6.97. The second kappa shape index (κ2) is 10.2. The van der Waals surface area contributed by atoms with Crippen LogP contribution >= 0.6 is 11.3 Å². The number of aryl methyl sites for hydroxylation is 1. The standard InChI is InChI=1S/C26H28N4O3S/c1-4-21-23(17-8-6-5-7-9-17)28-26(34-21)29-24(32)18-10-12-20(13-11-18)27-25(33)19-14-22(31)30(15-19)16(2)3/h5-13,16,19H,4,14-15H2,1-3H3,(H,27,33)(H,28,29,32). The lowest BCUT2D eigenvalue weighted by Gasteiger charge is -2.20. The van der Waals surface area contributed by atoms with Crippen LogP contribution in [0.15, 0.2) is 54.6 Å². The predicted molar refractivity (Wildman–Crippen MR) is 135 cm³/mol. The average Bonchev–Trinajstić information content (AvgIpc) is 3.43. The second-order valence-corrected chi connectivity index (χ2v) is 9.66. The fraction of sp³-hybridized carbons (Fsp3) is 0.308. The van der Waals surface area contributed by atoms with E-state index >= 15 is 0 Å². The van der Waals surface area contributed by atoms with Crippen molar-refractivity contribution < 1.29 is 14.4 Å². The van der Waals surface area contributed by atoms with E-state index < -0.39 is 0 Å². The van der Waals surface area contributed by atoms with Crippen molar-refractivity contribution in [2.45, 2.75) is 39.7 Å². The summed E-state index contributed by atoms with van der Waals surface area (Å²) in [6.45, 7) is 6.39. The number of rotatable bonds is 7. The molecule has 0 saturated carbocycles. The Bertz CT molecular complexity index is 1190. The van der Waals surface area contributed by atoms with Gasteiger partial charge in [0.2, 0.25) is 11.8 Å². The molecule has 0 aliphatic carbocycles. The topological polar surface area (TPSA) is 91.4 Å². The molecule has 1 aromatic heterocycles. The molecule has 1 aliphatic heterocycles. The molecule has 1 fully saturated rings. The van der Waals surface area contributed by atoms with E-state index in [1.165, 1.54) is 11.3 Å². The van der Waals surface area contributed by atoms with Gasteiger partial charge in [-0.3, -0.25) is 19.7 Å². The fourth-order valence-corrected chi connectivity index (χ4v) is 4.91. The number of amides is 3. The highest BCUT2D eigenvalue weighted by molar-refractivity contribution is 7.16. The van der Waals surface area contributed by atoms with E-state index in [4.69, 9.17) is 0 Å². The maximum atomic E-state index is 12.8. The highest BCUT2D eigenvalue weighted by Crippen LogP contribution is 2.31. The third kappa shape index (κ3) is 5.17. The lowest BCUT2D eigenvalue weighted by molar-refractivity contribution is -0.129. The van der Waals surface area contributed by atoms with Gasteiger partial charge in [0, 0.05) is 40.7 Å². The van der Waals surface area contributed by atoms with Crippen molar-refractivity contribution in [2.24, 2.45) is 5.92 Å². The molecule has 8 heteroatoms. The van der Waals surface area contributed by atoms with Crippen LogP contribution in [-0.2, 0) is 16.0 Å². The predicted octanol–water partition coefficient (Wildman–Crippen LogP) is 4.82. The number of nitrogens with zero attached hydrogens (tertiary/aromatic N) is 2. The Morgan fingerprint density at radius 3 is 2.41 bits per heavy atom. The summed E-state index contributed by atoms with van der Waals surface area (Å²) in [6.07, 6.45) is 1.05. The first kappa shape index (κ1) is 23.6. The smallest absolute Gasteiger partial charge is 0.257 e. The minimum absolute atomic E-state index is 0.00556. The zero-order valence-corrected chi connectivity index (χ0v) is 20.3. The number of carbonyl (C=O) groups excluding carboxylic acids is 3. The van der Waals surface area contributed by atoms with Crippen LogP contribution in [0.25, 0.3) is 11.3 Å². The molecule has 0 spiro atoms. The number of anilines is 2. The SMILES string of the molecule is CCc1sc(NC(=O)c2ccc(NC(=O)C3CC(=O)N(C(C)C)C3)cc2)nc1-c1ccccc1. The van der Waals surface area contributed by atoms with Gasteiger partial charge in [-0.2, -0.15) is 0 Å². The number of hydrogen-bond donors (Lipinski definition) is 2. The monoisotopic (exact) mass is 476 g/mol. The molecule has 176 valence electrons. The van der Waals surface area contributed by atoms with Gasteiger partial charge in [-0.15, -0.1) is 11.3 Å². The van der Waals surface area contributed by atoms with Gasteiger partial charge in [-0.1, -0.05) is 37.3 Å². The van der Waals surface area contributed by atoms with Crippen LogP contribution in [0.2, 0.25) is 0 Å². The van der Waals surface area contributed by atoms with Crippen molar-refractivity contribution in [3.63, 3.8) is 0 Å². The van der Waals surface area contributed by atoms with E-state index in [1.54, 1.807) is 29.2 Å². The first-order valence-electron chi connectivity index (χ1n) is 11.4. The quantitative estimate of drug-likeness (QED) is 0.511. The average molecular weight is 477 g/mol. The summed E-state index contributed by atoms with van der Waals surface area (Å²) >= 11 is 1.47. The van der Waals surface area contributed by atoms with E-state index in [9.17, 15) is 14.4 Å². The van der Waals surface area contributed by atoms with Crippen molar-refractivity contribution in [3.8, 4) is 11.3 Å². The van der Waals surface area contributed by atoms with Gasteiger partial charge in [0.1, 0.15) is 0 Å². The van der Waals surface area contributed by atoms with Gasteiger partial charge in [-0.25, -0.2) is 4.98 Å². The molecule has 2 heterocycles. The van der Waals surface area contributed by atoms with Gasteiger partial charge >= 0.3 is 0 Å². The van der Waals surface area contributed by atoms with E-state index in [2.05, 4.69) is 22.5 Å². The van der Waals surface area contributed by atoms with Crippen LogP contribution in [0.4, 0.5) is 10.8 Å². The van der Waals surface area contributed by atoms with Gasteiger partial charge in [0.25, 0.3) is 5.91 Å². The zero-order valence-electron chi connectivity index (χ0n) is 19.5. The lowest BCUT2D eigenvalue weighted by atomic mass is 10.1. The van der Waals surface area contributed by atoms with E-state index in [1.807, 2.05) is 44.2 Å². The molecular weight excluding hydrogens is 448 g/mol. The molecule has 0 bridgehead atoms. The van der Waals surface area contributed by atoms with Crippen molar-refractivity contribution in [1.29, 1.82) is 0 Å². The zero-order chi connectivity index (χ0) is 24.2. The highest BCUT2D eigenvalue weighted by Gasteiger charge is 2.35. The molecule has 3 amide bonds. The van der Waals surface area contributed by atoms with Crippen LogP contribution in [0.1, 0.15) is 42.4 Å². The Morgan fingerprint density at radius 1 is 1.09 bits per heavy atom. The number of nitrogens with one attached hydrogen (secondary N) is 2. The fourth-order valence-electron chi connectivity index (χ4n) is 3.99. The molecule has 34 heavy (non-hydrogen) atoms. The molecule has 1 saturated heterocycles.